The predicted octanol–water partition coefficient (Wildman–Crippen LogP) is 3.84. The molecule has 0 aliphatic rings. The van der Waals surface area contributed by atoms with Crippen LogP contribution >= 0.6 is 11.6 Å². The molecule has 0 heterocycles. The van der Waals surface area contributed by atoms with E-state index in [0.29, 0.717) is 0 Å². The Morgan fingerprint density at radius 1 is 0.889 bits per heavy atom. The highest BCUT2D eigenvalue weighted by Gasteiger charge is 2.20. The molecule has 0 spiro atoms. The number of halogens is 4. The minimum Gasteiger partial charge on any atom is -0.383 e. The van der Waals surface area contributed by atoms with Gasteiger partial charge in [0.1, 0.15) is 11.9 Å². The Morgan fingerprint density at radius 2 is 1.44 bits per heavy atom. The topological polar surface area (TPSA) is 20.2 Å². The fourth-order valence-corrected chi connectivity index (χ4v) is 1.86. The Kier molecular flexibility index (Phi) is 3.59. The molecule has 1 nitrogen and oxygen atoms in total. The zero-order valence-electron chi connectivity index (χ0n) is 9.00. The smallest absolute Gasteiger partial charge is 0.164 e. The largest absolute Gasteiger partial charge is 0.383 e. The van der Waals surface area contributed by atoms with Crippen molar-refractivity contribution in [3.63, 3.8) is 0 Å². The van der Waals surface area contributed by atoms with Gasteiger partial charge in [-0.3, -0.25) is 0 Å². The second kappa shape index (κ2) is 5.00. The molecule has 0 aliphatic carbocycles. The van der Waals surface area contributed by atoms with Crippen molar-refractivity contribution in [1.82, 2.24) is 0 Å². The predicted molar refractivity (Wildman–Crippen MR) is 61.8 cm³/mol. The third-order valence-electron chi connectivity index (χ3n) is 2.55. The minimum atomic E-state index is -1.52. The van der Waals surface area contributed by atoms with Crippen LogP contribution in [0.4, 0.5) is 13.2 Å². The highest BCUT2D eigenvalue weighted by atomic mass is 35.5. The second-order valence-corrected chi connectivity index (χ2v) is 4.07. The van der Waals surface area contributed by atoms with Crippen molar-refractivity contribution < 1.29 is 18.3 Å². The summed E-state index contributed by atoms with van der Waals surface area (Å²) >= 11 is 5.68. The van der Waals surface area contributed by atoms with Crippen molar-refractivity contribution in [3.05, 3.63) is 70.0 Å². The van der Waals surface area contributed by atoms with E-state index in [1.54, 1.807) is 0 Å². The number of hydrogen-bond donors (Lipinski definition) is 1. The Morgan fingerprint density at radius 3 is 2.11 bits per heavy atom. The Balaban J connectivity index is 2.51. The van der Waals surface area contributed by atoms with Crippen LogP contribution in [0.2, 0.25) is 5.02 Å². The maximum absolute atomic E-state index is 13.5. The van der Waals surface area contributed by atoms with Crippen molar-refractivity contribution >= 4 is 11.6 Å². The summed E-state index contributed by atoms with van der Waals surface area (Å²) in [7, 11) is 0. The number of aliphatic hydroxyl groups is 1. The molecular weight excluding hydrogens is 265 g/mol. The molecule has 0 bridgehead atoms. The van der Waals surface area contributed by atoms with E-state index >= 15 is 0 Å². The first-order valence-corrected chi connectivity index (χ1v) is 5.46. The van der Waals surface area contributed by atoms with Crippen LogP contribution in [0.25, 0.3) is 0 Å². The third-order valence-corrected chi connectivity index (χ3v) is 2.95. The normalized spacial score (nSPS) is 12.5. The lowest BCUT2D eigenvalue weighted by Crippen LogP contribution is -2.05. The van der Waals surface area contributed by atoms with Gasteiger partial charge in [-0.1, -0.05) is 35.9 Å². The molecular formula is C13H8ClF3O. The Hall–Kier alpha value is -1.52. The fourth-order valence-electron chi connectivity index (χ4n) is 1.63. The van der Waals surface area contributed by atoms with Crippen molar-refractivity contribution in [2.75, 3.05) is 0 Å². The van der Waals surface area contributed by atoms with E-state index in [4.69, 9.17) is 11.6 Å². The van der Waals surface area contributed by atoms with E-state index in [1.165, 1.54) is 24.3 Å². The van der Waals surface area contributed by atoms with Gasteiger partial charge in [0, 0.05) is 11.1 Å². The second-order valence-electron chi connectivity index (χ2n) is 3.69. The summed E-state index contributed by atoms with van der Waals surface area (Å²) in [6.07, 6.45) is -1.52. The maximum atomic E-state index is 13.5. The molecule has 0 fully saturated rings. The van der Waals surface area contributed by atoms with Crippen LogP contribution in [0.15, 0.2) is 36.4 Å². The van der Waals surface area contributed by atoms with Crippen LogP contribution in [0.1, 0.15) is 17.2 Å². The van der Waals surface area contributed by atoms with Crippen molar-refractivity contribution in [1.29, 1.82) is 0 Å². The molecule has 2 aromatic rings. The lowest BCUT2D eigenvalue weighted by Gasteiger charge is -2.14. The van der Waals surface area contributed by atoms with E-state index in [9.17, 15) is 18.3 Å². The minimum absolute atomic E-state index is 0.0128. The third kappa shape index (κ3) is 2.21. The van der Waals surface area contributed by atoms with Gasteiger partial charge in [0.2, 0.25) is 0 Å². The number of rotatable bonds is 2. The molecule has 2 rings (SSSR count). The monoisotopic (exact) mass is 272 g/mol. The molecule has 1 unspecified atom stereocenters. The van der Waals surface area contributed by atoms with Gasteiger partial charge in [-0.2, -0.15) is 0 Å². The van der Waals surface area contributed by atoms with Crippen LogP contribution in [-0.2, 0) is 0 Å². The summed E-state index contributed by atoms with van der Waals surface area (Å²) in [5.41, 5.74) is -0.302. The van der Waals surface area contributed by atoms with Crippen LogP contribution in [-0.4, -0.2) is 5.11 Å². The van der Waals surface area contributed by atoms with Gasteiger partial charge >= 0.3 is 0 Å². The van der Waals surface area contributed by atoms with Crippen LogP contribution < -0.4 is 0 Å². The van der Waals surface area contributed by atoms with E-state index < -0.39 is 23.6 Å². The number of aliphatic hydroxyl groups excluding tert-OH is 1. The first-order chi connectivity index (χ1) is 8.52. The molecule has 0 saturated carbocycles. The molecule has 0 aromatic heterocycles. The molecule has 0 amide bonds. The highest BCUT2D eigenvalue weighted by molar-refractivity contribution is 6.31. The van der Waals surface area contributed by atoms with Crippen LogP contribution in [0.3, 0.4) is 0 Å². The molecule has 2 aromatic carbocycles. The first kappa shape index (κ1) is 12.9. The van der Waals surface area contributed by atoms with E-state index in [0.717, 1.165) is 12.1 Å². The van der Waals surface area contributed by atoms with Gasteiger partial charge in [-0.25, -0.2) is 13.2 Å². The highest BCUT2D eigenvalue weighted by Crippen LogP contribution is 2.31. The summed E-state index contributed by atoms with van der Waals surface area (Å²) in [5, 5.41) is 9.63. The molecule has 5 heteroatoms. The van der Waals surface area contributed by atoms with Gasteiger partial charge in [0.05, 0.1) is 5.02 Å². The fraction of sp³-hybridized carbons (Fsp3) is 0.0769. The Labute approximate surface area is 106 Å². The lowest BCUT2D eigenvalue weighted by atomic mass is 10.0. The summed E-state index contributed by atoms with van der Waals surface area (Å²) in [6.45, 7) is 0. The average Bonchev–Trinajstić information content (AvgIpc) is 2.35. The van der Waals surface area contributed by atoms with Gasteiger partial charge in [0.25, 0.3) is 0 Å². The number of benzene rings is 2. The molecule has 94 valence electrons. The zero-order chi connectivity index (χ0) is 13.3. The van der Waals surface area contributed by atoms with Crippen molar-refractivity contribution in [2.45, 2.75) is 6.10 Å². The molecule has 0 saturated heterocycles. The van der Waals surface area contributed by atoms with Gasteiger partial charge in [0.15, 0.2) is 11.6 Å². The number of hydrogen-bond acceptors (Lipinski definition) is 1. The molecule has 1 N–H and O–H groups in total. The summed E-state index contributed by atoms with van der Waals surface area (Å²) in [6, 6.07) is 7.19. The average molecular weight is 273 g/mol. The quantitative estimate of drug-likeness (QED) is 0.881. The van der Waals surface area contributed by atoms with Crippen molar-refractivity contribution in [3.8, 4) is 0 Å². The molecule has 18 heavy (non-hydrogen) atoms. The molecule has 1 atom stereocenters. The van der Waals surface area contributed by atoms with Crippen molar-refractivity contribution in [2.24, 2.45) is 0 Å². The van der Waals surface area contributed by atoms with E-state index in [-0.39, 0.29) is 16.1 Å². The Bertz CT molecular complexity index is 535. The summed E-state index contributed by atoms with van der Waals surface area (Å²) in [5.74, 6) is -2.99. The maximum Gasteiger partial charge on any atom is 0.164 e. The van der Waals surface area contributed by atoms with Gasteiger partial charge < -0.3 is 5.11 Å². The molecule has 0 aliphatic heterocycles. The molecule has 0 radical (unpaired) electrons. The van der Waals surface area contributed by atoms with Gasteiger partial charge in [-0.05, 0) is 12.1 Å². The van der Waals surface area contributed by atoms with E-state index in [2.05, 4.69) is 0 Å². The summed E-state index contributed by atoms with van der Waals surface area (Å²) < 4.78 is 39.8. The first-order valence-electron chi connectivity index (χ1n) is 5.08. The van der Waals surface area contributed by atoms with Crippen LogP contribution in [0, 0.1) is 17.5 Å². The standard InChI is InChI=1S/C13H8ClF3O/c14-11-7(3-1-5-9(11)15)13(18)8-4-2-6-10(16)12(8)17/h1-6,13,18H. The zero-order valence-corrected chi connectivity index (χ0v) is 9.76. The van der Waals surface area contributed by atoms with Crippen LogP contribution in [0.5, 0.6) is 0 Å². The lowest BCUT2D eigenvalue weighted by molar-refractivity contribution is 0.213. The van der Waals surface area contributed by atoms with Gasteiger partial charge in [-0.15, -0.1) is 0 Å². The SMILES string of the molecule is OC(c1cccc(F)c1F)c1cccc(F)c1Cl. The summed E-state index contributed by atoms with van der Waals surface area (Å²) in [4.78, 5) is 0. The van der Waals surface area contributed by atoms with E-state index in [1.807, 2.05) is 0 Å².